The highest BCUT2D eigenvalue weighted by molar-refractivity contribution is 5.83. The van der Waals surface area contributed by atoms with Gasteiger partial charge in [0.15, 0.2) is 0 Å². The van der Waals surface area contributed by atoms with Gasteiger partial charge in [-0.05, 0) is 39.1 Å². The van der Waals surface area contributed by atoms with Crippen molar-refractivity contribution >= 4 is 16.6 Å². The summed E-state index contributed by atoms with van der Waals surface area (Å²) in [4.78, 5) is 10.3. The van der Waals surface area contributed by atoms with Crippen LogP contribution in [0.25, 0.3) is 10.9 Å². The first kappa shape index (κ1) is 13.3. The van der Waals surface area contributed by atoms with E-state index in [1.54, 1.807) is 7.11 Å². The summed E-state index contributed by atoms with van der Waals surface area (Å²) in [6.45, 7) is 6.72. The Morgan fingerprint density at radius 2 is 1.80 bits per heavy atom. The third kappa shape index (κ3) is 2.14. The van der Waals surface area contributed by atoms with Gasteiger partial charge in [-0.3, -0.25) is 4.90 Å². The maximum Gasteiger partial charge on any atom is 0.104 e. The molecule has 0 bridgehead atoms. The Morgan fingerprint density at radius 1 is 1.10 bits per heavy atom. The molecule has 2 atom stereocenters. The van der Waals surface area contributed by atoms with E-state index >= 15 is 0 Å². The van der Waals surface area contributed by atoms with Crippen LogP contribution in [-0.4, -0.2) is 49.0 Å². The fraction of sp³-hybridized carbons (Fsp3) is 0.500. The van der Waals surface area contributed by atoms with Crippen molar-refractivity contribution in [2.45, 2.75) is 25.9 Å². The van der Waals surface area contributed by atoms with Crippen LogP contribution in [0.1, 0.15) is 13.8 Å². The SMILES string of the molecule is COn1ccc2ccc(N3CC(C)N(C)C(C)C3)cc21. The molecular formula is C16H23N3O. The van der Waals surface area contributed by atoms with Gasteiger partial charge >= 0.3 is 0 Å². The van der Waals surface area contributed by atoms with Crippen LogP contribution >= 0.6 is 0 Å². The summed E-state index contributed by atoms with van der Waals surface area (Å²) in [6.07, 6.45) is 1.96. The maximum atomic E-state index is 5.36. The second kappa shape index (κ2) is 5.02. The summed E-state index contributed by atoms with van der Waals surface area (Å²) >= 11 is 0. The number of fused-ring (bicyclic) bond motifs is 1. The minimum Gasteiger partial charge on any atom is -0.417 e. The first-order chi connectivity index (χ1) is 9.60. The summed E-state index contributed by atoms with van der Waals surface area (Å²) in [5.74, 6) is 0. The molecule has 0 N–H and O–H groups in total. The van der Waals surface area contributed by atoms with Crippen molar-refractivity contribution in [1.82, 2.24) is 9.63 Å². The van der Waals surface area contributed by atoms with E-state index in [2.05, 4.69) is 55.0 Å². The number of rotatable bonds is 2. The molecule has 20 heavy (non-hydrogen) atoms. The van der Waals surface area contributed by atoms with Crippen LogP contribution in [0, 0.1) is 0 Å². The summed E-state index contributed by atoms with van der Waals surface area (Å²) in [6, 6.07) is 9.84. The van der Waals surface area contributed by atoms with Crippen LogP contribution in [0.4, 0.5) is 5.69 Å². The summed E-state index contributed by atoms with van der Waals surface area (Å²) in [5, 5.41) is 1.21. The van der Waals surface area contributed by atoms with Crippen molar-refractivity contribution in [2.24, 2.45) is 0 Å². The second-order valence-electron chi connectivity index (χ2n) is 5.84. The zero-order chi connectivity index (χ0) is 14.3. The molecule has 0 saturated carbocycles. The summed E-state index contributed by atoms with van der Waals surface area (Å²) < 4.78 is 1.82. The number of hydrogen-bond acceptors (Lipinski definition) is 3. The van der Waals surface area contributed by atoms with Gasteiger partial charge in [-0.15, -0.1) is 0 Å². The van der Waals surface area contributed by atoms with Crippen molar-refractivity contribution in [3.63, 3.8) is 0 Å². The molecule has 4 nitrogen and oxygen atoms in total. The predicted octanol–water partition coefficient (Wildman–Crippen LogP) is 2.23. The minimum atomic E-state index is 0.573. The molecule has 0 amide bonds. The molecule has 2 aromatic rings. The number of nitrogens with zero attached hydrogens (tertiary/aromatic N) is 3. The zero-order valence-corrected chi connectivity index (χ0v) is 12.7. The fourth-order valence-electron chi connectivity index (χ4n) is 3.06. The number of hydrogen-bond donors (Lipinski definition) is 0. The molecule has 2 heterocycles. The molecule has 1 aromatic heterocycles. The molecule has 0 radical (unpaired) electrons. The normalized spacial score (nSPS) is 24.3. The van der Waals surface area contributed by atoms with E-state index in [9.17, 15) is 0 Å². The molecule has 0 aliphatic carbocycles. The van der Waals surface area contributed by atoms with Crippen LogP contribution < -0.4 is 9.74 Å². The van der Waals surface area contributed by atoms with Gasteiger partial charge in [0.05, 0.1) is 5.52 Å². The van der Waals surface area contributed by atoms with Gasteiger partial charge in [0.2, 0.25) is 0 Å². The number of piperazine rings is 1. The maximum absolute atomic E-state index is 5.36. The van der Waals surface area contributed by atoms with Gasteiger partial charge in [-0.1, -0.05) is 6.07 Å². The lowest BCUT2D eigenvalue weighted by atomic mass is 10.1. The topological polar surface area (TPSA) is 20.6 Å². The fourth-order valence-corrected chi connectivity index (χ4v) is 3.06. The van der Waals surface area contributed by atoms with Crippen LogP contribution in [-0.2, 0) is 0 Å². The third-order valence-electron chi connectivity index (χ3n) is 4.56. The molecule has 3 rings (SSSR count). The van der Waals surface area contributed by atoms with Crippen LogP contribution in [0.5, 0.6) is 0 Å². The average molecular weight is 273 g/mol. The highest BCUT2D eigenvalue weighted by atomic mass is 16.6. The summed E-state index contributed by atoms with van der Waals surface area (Å²) in [5.41, 5.74) is 2.41. The Labute approximate surface area is 120 Å². The Hall–Kier alpha value is -1.68. The monoisotopic (exact) mass is 273 g/mol. The summed E-state index contributed by atoms with van der Waals surface area (Å²) in [7, 11) is 3.91. The minimum absolute atomic E-state index is 0.573. The molecule has 1 saturated heterocycles. The highest BCUT2D eigenvalue weighted by Crippen LogP contribution is 2.26. The van der Waals surface area contributed by atoms with Gasteiger partial charge in [0, 0.05) is 42.4 Å². The van der Waals surface area contributed by atoms with Gasteiger partial charge < -0.3 is 9.74 Å². The van der Waals surface area contributed by atoms with Crippen molar-refractivity contribution in [3.8, 4) is 0 Å². The van der Waals surface area contributed by atoms with E-state index in [1.165, 1.54) is 11.1 Å². The molecule has 108 valence electrons. The van der Waals surface area contributed by atoms with Crippen molar-refractivity contribution in [1.29, 1.82) is 0 Å². The first-order valence-corrected chi connectivity index (χ1v) is 7.22. The van der Waals surface area contributed by atoms with E-state index in [0.29, 0.717) is 12.1 Å². The number of benzene rings is 1. The lowest BCUT2D eigenvalue weighted by Crippen LogP contribution is -2.55. The Bertz CT molecular complexity index is 595. The lowest BCUT2D eigenvalue weighted by Gasteiger charge is -2.43. The molecular weight excluding hydrogens is 250 g/mol. The van der Waals surface area contributed by atoms with Gasteiger partial charge in [-0.2, -0.15) is 4.73 Å². The van der Waals surface area contributed by atoms with Crippen molar-refractivity contribution in [3.05, 3.63) is 30.5 Å². The van der Waals surface area contributed by atoms with Gasteiger partial charge in [0.25, 0.3) is 0 Å². The van der Waals surface area contributed by atoms with Crippen LogP contribution in [0.2, 0.25) is 0 Å². The average Bonchev–Trinajstić information content (AvgIpc) is 2.86. The van der Waals surface area contributed by atoms with Crippen LogP contribution in [0.3, 0.4) is 0 Å². The second-order valence-corrected chi connectivity index (χ2v) is 5.84. The molecule has 1 fully saturated rings. The van der Waals surface area contributed by atoms with E-state index in [4.69, 9.17) is 4.84 Å². The Morgan fingerprint density at radius 3 is 2.45 bits per heavy atom. The van der Waals surface area contributed by atoms with E-state index in [0.717, 1.165) is 18.6 Å². The van der Waals surface area contributed by atoms with E-state index in [1.807, 2.05) is 10.9 Å². The van der Waals surface area contributed by atoms with Gasteiger partial charge in [-0.25, -0.2) is 0 Å². The largest absolute Gasteiger partial charge is 0.417 e. The zero-order valence-electron chi connectivity index (χ0n) is 12.7. The quantitative estimate of drug-likeness (QED) is 0.837. The third-order valence-corrected chi connectivity index (χ3v) is 4.56. The predicted molar refractivity (Wildman–Crippen MR) is 83.3 cm³/mol. The van der Waals surface area contributed by atoms with Crippen molar-refractivity contribution in [2.75, 3.05) is 32.1 Å². The molecule has 2 unspecified atom stereocenters. The molecule has 1 aromatic carbocycles. The van der Waals surface area contributed by atoms with Gasteiger partial charge in [0.1, 0.15) is 7.11 Å². The number of likely N-dealkylation sites (N-methyl/N-ethyl adjacent to an activating group) is 1. The van der Waals surface area contributed by atoms with Crippen molar-refractivity contribution < 1.29 is 4.84 Å². The Kier molecular flexibility index (Phi) is 3.34. The van der Waals surface area contributed by atoms with E-state index in [-0.39, 0.29) is 0 Å². The molecule has 1 aliphatic heterocycles. The smallest absolute Gasteiger partial charge is 0.104 e. The Balaban J connectivity index is 1.93. The molecule has 0 spiro atoms. The highest BCUT2D eigenvalue weighted by Gasteiger charge is 2.26. The molecule has 1 aliphatic rings. The standard InChI is InChI=1S/C16H23N3O/c1-12-10-18(11-13(2)17(12)3)15-6-5-14-7-8-19(20-4)16(14)9-15/h5-9,12-13H,10-11H2,1-4H3. The number of anilines is 1. The van der Waals surface area contributed by atoms with E-state index < -0.39 is 0 Å². The lowest BCUT2D eigenvalue weighted by molar-refractivity contribution is 0.170. The number of aromatic nitrogens is 1. The first-order valence-electron chi connectivity index (χ1n) is 7.22. The van der Waals surface area contributed by atoms with Crippen LogP contribution in [0.15, 0.2) is 30.5 Å². The molecule has 4 heteroatoms.